The molecule has 1 saturated carbocycles. The second-order valence-corrected chi connectivity index (χ2v) is 5.41. The number of aliphatic hydroxyl groups is 1. The third-order valence-corrected chi connectivity index (χ3v) is 3.96. The summed E-state index contributed by atoms with van der Waals surface area (Å²) in [6.07, 6.45) is 4.81. The van der Waals surface area contributed by atoms with Crippen LogP contribution in [0.25, 0.3) is 0 Å². The molecule has 0 aliphatic heterocycles. The molecular formula is C15H22N2O3. The first kappa shape index (κ1) is 14.7. The average molecular weight is 278 g/mol. The fourth-order valence-corrected chi connectivity index (χ4v) is 2.76. The number of hydrogen-bond donors (Lipinski definition) is 3. The fourth-order valence-electron chi connectivity index (χ4n) is 2.76. The van der Waals surface area contributed by atoms with Crippen molar-refractivity contribution < 1.29 is 14.6 Å². The molecule has 4 N–H and O–H groups in total. The highest BCUT2D eigenvalue weighted by molar-refractivity contribution is 5.98. The highest BCUT2D eigenvalue weighted by Crippen LogP contribution is 2.29. The first-order valence-electron chi connectivity index (χ1n) is 6.97. The van der Waals surface area contributed by atoms with Crippen molar-refractivity contribution in [2.75, 3.05) is 19.5 Å². The summed E-state index contributed by atoms with van der Waals surface area (Å²) in [5, 5.41) is 12.6. The van der Waals surface area contributed by atoms with E-state index in [1.807, 2.05) is 0 Å². The molecule has 5 nitrogen and oxygen atoms in total. The van der Waals surface area contributed by atoms with E-state index in [0.29, 0.717) is 17.0 Å². The summed E-state index contributed by atoms with van der Waals surface area (Å²) in [6.45, 7) is -0.0383. The molecule has 1 aliphatic rings. The van der Waals surface area contributed by atoms with Crippen LogP contribution in [0.15, 0.2) is 18.2 Å². The number of nitrogen functional groups attached to an aromatic ring is 1. The van der Waals surface area contributed by atoms with Gasteiger partial charge in [0.25, 0.3) is 5.91 Å². The molecule has 1 aromatic carbocycles. The summed E-state index contributed by atoms with van der Waals surface area (Å²) in [5.74, 6) is 0.241. The predicted molar refractivity (Wildman–Crippen MR) is 77.8 cm³/mol. The van der Waals surface area contributed by atoms with E-state index in [2.05, 4.69) is 5.32 Å². The number of carbonyl (C=O) groups excluding carboxylic acids is 1. The molecule has 1 amide bonds. The van der Waals surface area contributed by atoms with Crippen LogP contribution >= 0.6 is 0 Å². The first-order valence-corrected chi connectivity index (χ1v) is 6.97. The van der Waals surface area contributed by atoms with E-state index in [-0.39, 0.29) is 12.5 Å². The maximum atomic E-state index is 12.5. The standard InChI is InChI=1S/C15H22N2O3/c1-20-13-6-5-11(16)9-12(13)14(19)17-15(10-18)7-3-2-4-8-15/h5-6,9,18H,2-4,7-8,10,16H2,1H3,(H,17,19). The van der Waals surface area contributed by atoms with Crippen molar-refractivity contribution in [2.24, 2.45) is 0 Å². The summed E-state index contributed by atoms with van der Waals surface area (Å²) in [5.41, 5.74) is 6.14. The molecule has 0 saturated heterocycles. The molecule has 1 aliphatic carbocycles. The number of amides is 1. The van der Waals surface area contributed by atoms with Gasteiger partial charge < -0.3 is 20.9 Å². The largest absolute Gasteiger partial charge is 0.496 e. The molecule has 1 aromatic rings. The Labute approximate surface area is 119 Å². The summed E-state index contributed by atoms with van der Waals surface area (Å²) >= 11 is 0. The zero-order valence-electron chi connectivity index (χ0n) is 11.8. The lowest BCUT2D eigenvalue weighted by Gasteiger charge is -2.36. The van der Waals surface area contributed by atoms with Gasteiger partial charge in [0.05, 0.1) is 24.8 Å². The quantitative estimate of drug-likeness (QED) is 0.732. The number of hydrogen-bond acceptors (Lipinski definition) is 4. The Balaban J connectivity index is 2.20. The first-order chi connectivity index (χ1) is 9.60. The molecular weight excluding hydrogens is 256 g/mol. The highest BCUT2D eigenvalue weighted by atomic mass is 16.5. The normalized spacial score (nSPS) is 17.5. The van der Waals surface area contributed by atoms with Crippen molar-refractivity contribution in [2.45, 2.75) is 37.6 Å². The molecule has 2 rings (SSSR count). The molecule has 0 aromatic heterocycles. The van der Waals surface area contributed by atoms with Crippen molar-refractivity contribution >= 4 is 11.6 Å². The molecule has 110 valence electrons. The van der Waals surface area contributed by atoms with Crippen molar-refractivity contribution in [1.29, 1.82) is 0 Å². The van der Waals surface area contributed by atoms with Gasteiger partial charge in [0, 0.05) is 5.69 Å². The molecule has 0 bridgehead atoms. The molecule has 0 spiro atoms. The molecule has 0 radical (unpaired) electrons. The SMILES string of the molecule is COc1ccc(N)cc1C(=O)NC1(CO)CCCCC1. The lowest BCUT2D eigenvalue weighted by Crippen LogP contribution is -2.52. The van der Waals surface area contributed by atoms with Gasteiger partial charge in [0.2, 0.25) is 0 Å². The topological polar surface area (TPSA) is 84.6 Å². The number of aliphatic hydroxyl groups excluding tert-OH is 1. The lowest BCUT2D eigenvalue weighted by molar-refractivity contribution is 0.0756. The minimum absolute atomic E-state index is 0.0383. The Morgan fingerprint density at radius 1 is 1.40 bits per heavy atom. The van der Waals surface area contributed by atoms with Gasteiger partial charge in [-0.1, -0.05) is 19.3 Å². The van der Waals surface area contributed by atoms with Gasteiger partial charge in [-0.2, -0.15) is 0 Å². The summed E-state index contributed by atoms with van der Waals surface area (Å²) in [4.78, 5) is 12.5. The smallest absolute Gasteiger partial charge is 0.255 e. The zero-order valence-corrected chi connectivity index (χ0v) is 11.8. The monoisotopic (exact) mass is 278 g/mol. The Morgan fingerprint density at radius 2 is 2.10 bits per heavy atom. The molecule has 5 heteroatoms. The Kier molecular flexibility index (Phi) is 4.49. The maximum Gasteiger partial charge on any atom is 0.255 e. The van der Waals surface area contributed by atoms with Crippen molar-refractivity contribution in [3.05, 3.63) is 23.8 Å². The molecule has 1 fully saturated rings. The van der Waals surface area contributed by atoms with Crippen LogP contribution in [-0.4, -0.2) is 30.3 Å². The van der Waals surface area contributed by atoms with Gasteiger partial charge >= 0.3 is 0 Å². The summed E-state index contributed by atoms with van der Waals surface area (Å²) < 4.78 is 5.20. The number of carbonyl (C=O) groups is 1. The molecule has 0 heterocycles. The third kappa shape index (κ3) is 3.04. The van der Waals surface area contributed by atoms with E-state index < -0.39 is 5.54 Å². The second-order valence-electron chi connectivity index (χ2n) is 5.41. The Bertz CT molecular complexity index is 482. The van der Waals surface area contributed by atoms with E-state index in [1.54, 1.807) is 18.2 Å². The maximum absolute atomic E-state index is 12.5. The minimum Gasteiger partial charge on any atom is -0.496 e. The Morgan fingerprint density at radius 3 is 2.70 bits per heavy atom. The van der Waals surface area contributed by atoms with Gasteiger partial charge in [-0.3, -0.25) is 4.79 Å². The van der Waals surface area contributed by atoms with Crippen molar-refractivity contribution in [3.8, 4) is 5.75 Å². The van der Waals surface area contributed by atoms with Crippen molar-refractivity contribution in [1.82, 2.24) is 5.32 Å². The summed E-state index contributed by atoms with van der Waals surface area (Å²) in [6, 6.07) is 4.97. The Hall–Kier alpha value is -1.75. The van der Waals surface area contributed by atoms with Gasteiger partial charge in [-0.15, -0.1) is 0 Å². The van der Waals surface area contributed by atoms with Crippen LogP contribution < -0.4 is 15.8 Å². The van der Waals surface area contributed by atoms with Crippen LogP contribution in [0.1, 0.15) is 42.5 Å². The van der Waals surface area contributed by atoms with Gasteiger partial charge in [-0.05, 0) is 31.0 Å². The number of ether oxygens (including phenoxy) is 1. The van der Waals surface area contributed by atoms with Gasteiger partial charge in [0.1, 0.15) is 5.75 Å². The van der Waals surface area contributed by atoms with Crippen LogP contribution in [-0.2, 0) is 0 Å². The minimum atomic E-state index is -0.509. The predicted octanol–water partition coefficient (Wildman–Crippen LogP) is 1.70. The van der Waals surface area contributed by atoms with E-state index in [9.17, 15) is 9.90 Å². The number of methoxy groups -OCH3 is 1. The van der Waals surface area contributed by atoms with E-state index in [4.69, 9.17) is 10.5 Å². The van der Waals surface area contributed by atoms with Crippen LogP contribution in [0.3, 0.4) is 0 Å². The number of anilines is 1. The number of benzene rings is 1. The average Bonchev–Trinajstić information content (AvgIpc) is 2.48. The zero-order chi connectivity index (χ0) is 14.6. The molecule has 0 atom stereocenters. The number of nitrogens with one attached hydrogen (secondary N) is 1. The number of nitrogens with two attached hydrogens (primary N) is 1. The van der Waals surface area contributed by atoms with Gasteiger partial charge in [-0.25, -0.2) is 0 Å². The third-order valence-electron chi connectivity index (χ3n) is 3.96. The summed E-state index contributed by atoms with van der Waals surface area (Å²) in [7, 11) is 1.52. The van der Waals surface area contributed by atoms with Crippen LogP contribution in [0.5, 0.6) is 5.75 Å². The number of rotatable bonds is 4. The van der Waals surface area contributed by atoms with Gasteiger partial charge in [0.15, 0.2) is 0 Å². The lowest BCUT2D eigenvalue weighted by atomic mass is 9.82. The molecule has 20 heavy (non-hydrogen) atoms. The molecule has 0 unspecified atom stereocenters. The van der Waals surface area contributed by atoms with E-state index >= 15 is 0 Å². The highest BCUT2D eigenvalue weighted by Gasteiger charge is 2.33. The van der Waals surface area contributed by atoms with Crippen LogP contribution in [0, 0.1) is 0 Å². The fraction of sp³-hybridized carbons (Fsp3) is 0.533. The van der Waals surface area contributed by atoms with Crippen molar-refractivity contribution in [3.63, 3.8) is 0 Å². The van der Waals surface area contributed by atoms with E-state index in [0.717, 1.165) is 32.1 Å². The van der Waals surface area contributed by atoms with E-state index in [1.165, 1.54) is 7.11 Å². The van der Waals surface area contributed by atoms with Crippen LogP contribution in [0.2, 0.25) is 0 Å². The van der Waals surface area contributed by atoms with Crippen LogP contribution in [0.4, 0.5) is 5.69 Å². The second kappa shape index (κ2) is 6.13.